The van der Waals surface area contributed by atoms with Crippen LogP contribution in [-0.2, 0) is 7.05 Å². The number of ether oxygens (including phenoxy) is 5. The van der Waals surface area contributed by atoms with Crippen molar-refractivity contribution >= 4 is 10.8 Å². The van der Waals surface area contributed by atoms with Gasteiger partial charge in [-0.2, -0.15) is 0 Å². The van der Waals surface area contributed by atoms with Crippen LogP contribution in [-0.4, -0.2) is 33.2 Å². The Hall–Kier alpha value is -3.19. The van der Waals surface area contributed by atoms with Gasteiger partial charge < -0.3 is 28.8 Å². The number of aryl methyl sites for hydroxylation is 1. The van der Waals surface area contributed by atoms with Gasteiger partial charge in [0, 0.05) is 11.5 Å². The van der Waals surface area contributed by atoms with E-state index in [-0.39, 0.29) is 6.79 Å². The number of benzene rings is 2. The van der Waals surface area contributed by atoms with E-state index in [1.807, 2.05) is 36.0 Å². The number of rotatable bonds is 5. The summed E-state index contributed by atoms with van der Waals surface area (Å²) in [5, 5.41) is 12.9. The molecule has 1 atom stereocenters. The first-order chi connectivity index (χ1) is 13.6. The molecule has 0 amide bonds. The number of aromatic nitrogens is 1. The van der Waals surface area contributed by atoms with Crippen molar-refractivity contribution in [2.24, 2.45) is 7.05 Å². The highest BCUT2D eigenvalue weighted by molar-refractivity contribution is 5.94. The van der Waals surface area contributed by atoms with E-state index >= 15 is 0 Å². The van der Waals surface area contributed by atoms with Crippen LogP contribution in [0.15, 0.2) is 36.5 Å². The number of fused-ring (bicyclic) bond motifs is 2. The number of aliphatic hydroxyl groups excluding tert-OH is 1. The van der Waals surface area contributed by atoms with Gasteiger partial charge >= 0.3 is 0 Å². The molecule has 0 radical (unpaired) electrons. The van der Waals surface area contributed by atoms with Crippen LogP contribution in [0, 0.1) is 0 Å². The van der Waals surface area contributed by atoms with E-state index in [1.165, 1.54) is 0 Å². The number of aliphatic hydroxyl groups is 1. The SMILES string of the molecule is COc1ccc(C(O)c2c3c(OC)c4c(cc3cc[n+]2C)OCO4)cc1OC. The predicted octanol–water partition coefficient (Wildman–Crippen LogP) is 2.50. The van der Waals surface area contributed by atoms with Gasteiger partial charge in [-0.05, 0) is 23.8 Å². The molecule has 0 bridgehead atoms. The monoisotopic (exact) mass is 384 g/mol. The summed E-state index contributed by atoms with van der Waals surface area (Å²) in [4.78, 5) is 0. The minimum Gasteiger partial charge on any atom is -0.493 e. The van der Waals surface area contributed by atoms with Crippen LogP contribution in [0.2, 0.25) is 0 Å². The molecule has 0 saturated heterocycles. The predicted molar refractivity (Wildman–Crippen MR) is 101 cm³/mol. The quantitative estimate of drug-likeness (QED) is 0.682. The molecule has 0 saturated carbocycles. The number of pyridine rings is 1. The Morgan fingerprint density at radius 1 is 1.00 bits per heavy atom. The maximum atomic E-state index is 11.3. The Kier molecular flexibility index (Phi) is 4.60. The fraction of sp³-hybridized carbons (Fsp3) is 0.286. The van der Waals surface area contributed by atoms with E-state index in [1.54, 1.807) is 33.5 Å². The highest BCUT2D eigenvalue weighted by Crippen LogP contribution is 2.48. The van der Waals surface area contributed by atoms with Crippen LogP contribution in [0.4, 0.5) is 0 Å². The van der Waals surface area contributed by atoms with Gasteiger partial charge in [0.05, 0.1) is 26.7 Å². The molecule has 0 spiro atoms. The van der Waals surface area contributed by atoms with Gasteiger partial charge in [0.1, 0.15) is 7.05 Å². The first-order valence-corrected chi connectivity index (χ1v) is 8.77. The van der Waals surface area contributed by atoms with E-state index in [0.29, 0.717) is 40.0 Å². The zero-order valence-electron chi connectivity index (χ0n) is 16.2. The fourth-order valence-electron chi connectivity index (χ4n) is 3.58. The van der Waals surface area contributed by atoms with Crippen LogP contribution < -0.4 is 28.3 Å². The Morgan fingerprint density at radius 3 is 2.50 bits per heavy atom. The lowest BCUT2D eigenvalue weighted by molar-refractivity contribution is -0.680. The largest absolute Gasteiger partial charge is 0.493 e. The molecule has 146 valence electrons. The average Bonchev–Trinajstić information content (AvgIpc) is 3.19. The second-order valence-corrected chi connectivity index (χ2v) is 6.44. The Bertz CT molecular complexity index is 1050. The molecule has 28 heavy (non-hydrogen) atoms. The van der Waals surface area contributed by atoms with Crippen LogP contribution in [0.3, 0.4) is 0 Å². The van der Waals surface area contributed by atoms with Crippen LogP contribution in [0.1, 0.15) is 17.4 Å². The van der Waals surface area contributed by atoms with Gasteiger partial charge in [0.25, 0.3) is 0 Å². The van der Waals surface area contributed by atoms with Crippen molar-refractivity contribution in [1.29, 1.82) is 0 Å². The zero-order valence-corrected chi connectivity index (χ0v) is 16.2. The van der Waals surface area contributed by atoms with E-state index < -0.39 is 6.10 Å². The minimum absolute atomic E-state index is 0.141. The topological polar surface area (TPSA) is 70.3 Å². The molecule has 7 heteroatoms. The molecule has 3 aromatic rings. The molecule has 1 aliphatic heterocycles. The van der Waals surface area contributed by atoms with E-state index in [2.05, 4.69) is 0 Å². The summed E-state index contributed by atoms with van der Waals surface area (Å²) in [7, 11) is 6.60. The molecule has 1 unspecified atom stereocenters. The van der Waals surface area contributed by atoms with Gasteiger partial charge in [0.15, 0.2) is 35.3 Å². The van der Waals surface area contributed by atoms with Gasteiger partial charge in [-0.25, -0.2) is 4.57 Å². The molecule has 0 fully saturated rings. The lowest BCUT2D eigenvalue weighted by atomic mass is 9.98. The van der Waals surface area contributed by atoms with Crippen LogP contribution in [0.5, 0.6) is 28.7 Å². The Morgan fingerprint density at radius 2 is 1.79 bits per heavy atom. The number of nitrogens with zero attached hydrogens (tertiary/aromatic N) is 1. The molecular weight excluding hydrogens is 362 g/mol. The lowest BCUT2D eigenvalue weighted by Crippen LogP contribution is -2.35. The average molecular weight is 384 g/mol. The molecule has 7 nitrogen and oxygen atoms in total. The zero-order chi connectivity index (χ0) is 19.8. The minimum atomic E-state index is -0.928. The molecular formula is C21H22NO6+. The van der Waals surface area contributed by atoms with Gasteiger partial charge in [0.2, 0.25) is 18.2 Å². The summed E-state index contributed by atoms with van der Waals surface area (Å²) in [6.45, 7) is 0.141. The van der Waals surface area contributed by atoms with Crippen molar-refractivity contribution in [3.05, 3.63) is 47.8 Å². The molecule has 1 aliphatic rings. The van der Waals surface area contributed by atoms with Crippen molar-refractivity contribution < 1.29 is 33.4 Å². The summed E-state index contributed by atoms with van der Waals surface area (Å²) >= 11 is 0. The lowest BCUT2D eigenvalue weighted by Gasteiger charge is -2.16. The van der Waals surface area contributed by atoms with E-state index in [0.717, 1.165) is 10.8 Å². The van der Waals surface area contributed by atoms with Crippen molar-refractivity contribution in [3.8, 4) is 28.7 Å². The maximum Gasteiger partial charge on any atom is 0.231 e. The smallest absolute Gasteiger partial charge is 0.231 e. The number of methoxy groups -OCH3 is 3. The van der Waals surface area contributed by atoms with Gasteiger partial charge in [-0.15, -0.1) is 0 Å². The van der Waals surface area contributed by atoms with Gasteiger partial charge in [-0.1, -0.05) is 6.07 Å². The normalized spacial score (nSPS) is 13.5. The first-order valence-electron chi connectivity index (χ1n) is 8.77. The summed E-state index contributed by atoms with van der Waals surface area (Å²) in [6, 6.07) is 9.19. The molecule has 2 aromatic carbocycles. The van der Waals surface area contributed by atoms with Crippen LogP contribution in [0.25, 0.3) is 10.8 Å². The molecule has 1 aromatic heterocycles. The Balaban J connectivity index is 1.94. The third kappa shape index (κ3) is 2.75. The summed E-state index contributed by atoms with van der Waals surface area (Å²) in [5.74, 6) is 2.86. The highest BCUT2D eigenvalue weighted by atomic mass is 16.7. The second kappa shape index (κ2) is 7.09. The first kappa shape index (κ1) is 18.2. The van der Waals surface area contributed by atoms with E-state index in [4.69, 9.17) is 23.7 Å². The molecule has 0 aliphatic carbocycles. The van der Waals surface area contributed by atoms with Crippen molar-refractivity contribution in [3.63, 3.8) is 0 Å². The van der Waals surface area contributed by atoms with E-state index in [9.17, 15) is 5.11 Å². The standard InChI is InChI=1S/C21H22NO6/c1-22-8-7-12-9-16-20(28-11-27-16)21(26-4)17(12)18(22)19(23)13-5-6-14(24-2)15(10-13)25-3/h5-10,19,23H,11H2,1-4H3/q+1. The summed E-state index contributed by atoms with van der Waals surface area (Å²) < 4.78 is 29.3. The van der Waals surface area contributed by atoms with Crippen molar-refractivity contribution in [2.45, 2.75) is 6.10 Å². The van der Waals surface area contributed by atoms with Gasteiger partial charge in [-0.3, -0.25) is 0 Å². The van der Waals surface area contributed by atoms with Crippen LogP contribution >= 0.6 is 0 Å². The molecule has 1 N–H and O–H groups in total. The number of hydrogen-bond donors (Lipinski definition) is 1. The van der Waals surface area contributed by atoms with Crippen molar-refractivity contribution in [1.82, 2.24) is 0 Å². The Labute approximate surface area is 162 Å². The molecule has 2 heterocycles. The third-order valence-electron chi connectivity index (χ3n) is 4.95. The highest BCUT2D eigenvalue weighted by Gasteiger charge is 2.31. The fourth-order valence-corrected chi connectivity index (χ4v) is 3.58. The number of hydrogen-bond acceptors (Lipinski definition) is 6. The third-order valence-corrected chi connectivity index (χ3v) is 4.95. The second-order valence-electron chi connectivity index (χ2n) is 6.44. The summed E-state index contributed by atoms with van der Waals surface area (Å²) in [5.41, 5.74) is 1.33. The maximum absolute atomic E-state index is 11.3. The summed E-state index contributed by atoms with van der Waals surface area (Å²) in [6.07, 6.45) is 0.964. The molecule has 4 rings (SSSR count). The van der Waals surface area contributed by atoms with Crippen molar-refractivity contribution in [2.75, 3.05) is 28.1 Å².